The molecule has 2 N–H and O–H groups in total. The van der Waals surface area contributed by atoms with E-state index in [1.165, 1.54) is 56.2 Å². The fraction of sp³-hybridized carbons (Fsp3) is 0.750. The van der Waals surface area contributed by atoms with Crippen molar-refractivity contribution in [2.75, 3.05) is 6.61 Å². The molecule has 1 aromatic rings. The molecule has 1 saturated carbocycles. The molecular weight excluding hydrogens is 254 g/mol. The second kappa shape index (κ2) is 5.94. The van der Waals surface area contributed by atoms with Crippen LogP contribution >= 0.6 is 11.3 Å². The van der Waals surface area contributed by atoms with Gasteiger partial charge >= 0.3 is 0 Å². The highest BCUT2D eigenvalue weighted by Gasteiger charge is 2.43. The molecule has 2 nitrogen and oxygen atoms in total. The molecule has 19 heavy (non-hydrogen) atoms. The highest BCUT2D eigenvalue weighted by atomic mass is 32.1. The SMILES string of the molecule is NC(CCCc1cccs1)C1CCOC2(CCC2)C1. The zero-order valence-corrected chi connectivity index (χ0v) is 12.5. The van der Waals surface area contributed by atoms with Crippen LogP contribution in [-0.4, -0.2) is 18.2 Å². The van der Waals surface area contributed by atoms with Gasteiger partial charge in [-0.25, -0.2) is 0 Å². The third-order valence-electron chi connectivity index (χ3n) is 4.94. The Morgan fingerprint density at radius 3 is 3.05 bits per heavy atom. The predicted octanol–water partition coefficient (Wildman–Crippen LogP) is 3.75. The lowest BCUT2D eigenvalue weighted by atomic mass is 9.70. The maximum Gasteiger partial charge on any atom is 0.0685 e. The summed E-state index contributed by atoms with van der Waals surface area (Å²) in [5, 5.41) is 2.16. The fourth-order valence-corrected chi connectivity index (χ4v) is 4.30. The lowest BCUT2D eigenvalue weighted by molar-refractivity contribution is -0.146. The molecule has 3 heteroatoms. The Bertz CT molecular complexity index is 385. The Labute approximate surface area is 120 Å². The van der Waals surface area contributed by atoms with Crippen molar-refractivity contribution in [2.24, 2.45) is 11.7 Å². The zero-order chi connectivity index (χ0) is 13.1. The van der Waals surface area contributed by atoms with Crippen molar-refractivity contribution < 1.29 is 4.74 Å². The van der Waals surface area contributed by atoms with Crippen LogP contribution in [0.1, 0.15) is 49.8 Å². The van der Waals surface area contributed by atoms with Crippen molar-refractivity contribution in [2.45, 2.75) is 63.0 Å². The first-order valence-corrected chi connectivity index (χ1v) is 8.57. The molecule has 1 aliphatic heterocycles. The van der Waals surface area contributed by atoms with E-state index in [-0.39, 0.29) is 5.60 Å². The van der Waals surface area contributed by atoms with E-state index in [2.05, 4.69) is 17.5 Å². The monoisotopic (exact) mass is 279 g/mol. The molecule has 1 saturated heterocycles. The van der Waals surface area contributed by atoms with Gasteiger partial charge in [0.25, 0.3) is 0 Å². The Morgan fingerprint density at radius 2 is 2.37 bits per heavy atom. The first-order chi connectivity index (χ1) is 9.27. The van der Waals surface area contributed by atoms with E-state index >= 15 is 0 Å². The van der Waals surface area contributed by atoms with E-state index in [9.17, 15) is 0 Å². The smallest absolute Gasteiger partial charge is 0.0685 e. The van der Waals surface area contributed by atoms with Gasteiger partial charge in [-0.3, -0.25) is 0 Å². The Balaban J connectivity index is 1.43. The molecule has 0 radical (unpaired) electrons. The largest absolute Gasteiger partial charge is 0.375 e. The molecule has 1 spiro atoms. The second-order valence-corrected chi connectivity index (χ2v) is 7.31. The van der Waals surface area contributed by atoms with E-state index in [0.29, 0.717) is 12.0 Å². The molecule has 2 unspecified atom stereocenters. The summed E-state index contributed by atoms with van der Waals surface area (Å²) in [6.07, 6.45) is 9.86. The van der Waals surface area contributed by atoms with Gasteiger partial charge in [-0.2, -0.15) is 0 Å². The van der Waals surface area contributed by atoms with E-state index < -0.39 is 0 Å². The minimum absolute atomic E-state index is 0.244. The van der Waals surface area contributed by atoms with Gasteiger partial charge in [0.1, 0.15) is 0 Å². The Morgan fingerprint density at radius 1 is 1.47 bits per heavy atom. The summed E-state index contributed by atoms with van der Waals surface area (Å²) in [6, 6.07) is 4.74. The summed E-state index contributed by atoms with van der Waals surface area (Å²) in [5.74, 6) is 0.692. The summed E-state index contributed by atoms with van der Waals surface area (Å²) in [5.41, 5.74) is 6.68. The lowest BCUT2D eigenvalue weighted by Gasteiger charge is -2.48. The number of thiophene rings is 1. The van der Waals surface area contributed by atoms with Gasteiger partial charge < -0.3 is 10.5 Å². The van der Waals surface area contributed by atoms with Gasteiger partial charge in [0, 0.05) is 17.5 Å². The standard InChI is InChI=1S/C16H25NOS/c17-15(6-1-4-14-5-2-11-19-14)13-7-10-18-16(12-13)8-3-9-16/h2,5,11,13,15H,1,3-4,6-10,12,17H2. The van der Waals surface area contributed by atoms with Crippen LogP contribution in [0.15, 0.2) is 17.5 Å². The first kappa shape index (κ1) is 13.6. The number of nitrogens with two attached hydrogens (primary N) is 1. The maximum atomic E-state index is 6.44. The van der Waals surface area contributed by atoms with E-state index in [1.54, 1.807) is 0 Å². The van der Waals surface area contributed by atoms with Crippen molar-refractivity contribution in [3.05, 3.63) is 22.4 Å². The number of aryl methyl sites for hydroxylation is 1. The van der Waals surface area contributed by atoms with E-state index in [0.717, 1.165) is 6.61 Å². The normalized spacial score (nSPS) is 27.1. The zero-order valence-electron chi connectivity index (χ0n) is 11.6. The van der Waals surface area contributed by atoms with Crippen molar-refractivity contribution in [1.29, 1.82) is 0 Å². The van der Waals surface area contributed by atoms with Crippen molar-refractivity contribution >= 4 is 11.3 Å². The summed E-state index contributed by atoms with van der Waals surface area (Å²) >= 11 is 1.86. The van der Waals surface area contributed by atoms with E-state index in [1.807, 2.05) is 11.3 Å². The van der Waals surface area contributed by atoms with Crippen molar-refractivity contribution in [3.63, 3.8) is 0 Å². The van der Waals surface area contributed by atoms with Crippen LogP contribution in [0.25, 0.3) is 0 Å². The molecule has 1 aliphatic carbocycles. The topological polar surface area (TPSA) is 35.2 Å². The van der Waals surface area contributed by atoms with Crippen LogP contribution in [0.4, 0.5) is 0 Å². The molecule has 2 fully saturated rings. The number of ether oxygens (including phenoxy) is 1. The van der Waals surface area contributed by atoms with Crippen LogP contribution in [0, 0.1) is 5.92 Å². The maximum absolute atomic E-state index is 6.44. The number of hydrogen-bond donors (Lipinski definition) is 1. The molecule has 1 aromatic heterocycles. The minimum atomic E-state index is 0.244. The van der Waals surface area contributed by atoms with Crippen LogP contribution in [0.3, 0.4) is 0 Å². The highest BCUT2D eigenvalue weighted by Crippen LogP contribution is 2.45. The molecule has 0 bridgehead atoms. The summed E-state index contributed by atoms with van der Waals surface area (Å²) in [7, 11) is 0. The van der Waals surface area contributed by atoms with Gasteiger partial charge in [-0.05, 0) is 68.7 Å². The summed E-state index contributed by atoms with van der Waals surface area (Å²) < 4.78 is 5.99. The Hall–Kier alpha value is -0.380. The van der Waals surface area contributed by atoms with Crippen molar-refractivity contribution in [3.8, 4) is 0 Å². The average molecular weight is 279 g/mol. The second-order valence-electron chi connectivity index (χ2n) is 6.27. The van der Waals surface area contributed by atoms with Crippen LogP contribution in [-0.2, 0) is 11.2 Å². The van der Waals surface area contributed by atoms with Gasteiger partial charge in [-0.15, -0.1) is 11.3 Å². The molecule has 0 amide bonds. The molecule has 106 valence electrons. The number of rotatable bonds is 5. The quantitative estimate of drug-likeness (QED) is 0.891. The van der Waals surface area contributed by atoms with Crippen LogP contribution < -0.4 is 5.73 Å². The molecular formula is C16H25NOS. The summed E-state index contributed by atoms with van der Waals surface area (Å²) in [6.45, 7) is 0.934. The van der Waals surface area contributed by atoms with Crippen LogP contribution in [0.2, 0.25) is 0 Å². The Kier molecular flexibility index (Phi) is 4.25. The van der Waals surface area contributed by atoms with Gasteiger partial charge in [0.05, 0.1) is 5.60 Å². The van der Waals surface area contributed by atoms with Gasteiger partial charge in [0.15, 0.2) is 0 Å². The number of hydrogen-bond acceptors (Lipinski definition) is 3. The third-order valence-corrected chi connectivity index (χ3v) is 5.88. The first-order valence-electron chi connectivity index (χ1n) is 7.69. The fourth-order valence-electron chi connectivity index (χ4n) is 3.55. The average Bonchev–Trinajstić information content (AvgIpc) is 2.90. The predicted molar refractivity (Wildman–Crippen MR) is 80.5 cm³/mol. The minimum Gasteiger partial charge on any atom is -0.375 e. The van der Waals surface area contributed by atoms with E-state index in [4.69, 9.17) is 10.5 Å². The highest BCUT2D eigenvalue weighted by molar-refractivity contribution is 7.09. The molecule has 0 aromatic carbocycles. The molecule has 3 rings (SSSR count). The molecule has 2 atom stereocenters. The third kappa shape index (κ3) is 3.21. The summed E-state index contributed by atoms with van der Waals surface area (Å²) in [4.78, 5) is 1.50. The van der Waals surface area contributed by atoms with Gasteiger partial charge in [0.2, 0.25) is 0 Å². The van der Waals surface area contributed by atoms with Crippen molar-refractivity contribution in [1.82, 2.24) is 0 Å². The van der Waals surface area contributed by atoms with Gasteiger partial charge in [-0.1, -0.05) is 6.07 Å². The van der Waals surface area contributed by atoms with Crippen LogP contribution in [0.5, 0.6) is 0 Å². The lowest BCUT2D eigenvalue weighted by Crippen LogP contribution is -2.49. The molecule has 2 aliphatic rings. The molecule has 2 heterocycles.